The molecule has 94 valence electrons. The van der Waals surface area contributed by atoms with Gasteiger partial charge in [-0.05, 0) is 12.1 Å². The molecule has 0 spiro atoms. The van der Waals surface area contributed by atoms with Gasteiger partial charge in [0.1, 0.15) is 10.7 Å². The Balaban J connectivity index is 2.63. The smallest absolute Gasteiger partial charge is 0.242 e. The minimum absolute atomic E-state index is 0.0172. The third-order valence-electron chi connectivity index (χ3n) is 1.99. The molecule has 0 aliphatic heterocycles. The van der Waals surface area contributed by atoms with Crippen LogP contribution in [0.25, 0.3) is 0 Å². The minimum atomic E-state index is -3.63. The maximum absolute atomic E-state index is 11.7. The van der Waals surface area contributed by atoms with Gasteiger partial charge in [-0.1, -0.05) is 0 Å². The topological polar surface area (TPSA) is 114 Å². The first-order chi connectivity index (χ1) is 7.95. The van der Waals surface area contributed by atoms with Gasteiger partial charge in [0.25, 0.3) is 0 Å². The Hall–Kier alpha value is -1.67. The lowest BCUT2D eigenvalue weighted by Crippen LogP contribution is -2.29. The molecule has 7 nitrogen and oxygen atoms in total. The van der Waals surface area contributed by atoms with E-state index in [2.05, 4.69) is 15.0 Å². The normalized spacial score (nSPS) is 11.1. The van der Waals surface area contributed by atoms with Crippen LogP contribution in [0.3, 0.4) is 0 Å². The molecule has 1 aromatic heterocycles. The van der Waals surface area contributed by atoms with Crippen molar-refractivity contribution in [1.29, 1.82) is 0 Å². The van der Waals surface area contributed by atoms with Crippen LogP contribution >= 0.6 is 0 Å². The summed E-state index contributed by atoms with van der Waals surface area (Å²) in [6.07, 6.45) is 1.25. The van der Waals surface area contributed by atoms with E-state index in [1.165, 1.54) is 19.2 Å². The molecule has 0 aromatic carbocycles. The quantitative estimate of drug-likeness (QED) is 0.632. The molecule has 0 fully saturated rings. The van der Waals surface area contributed by atoms with Gasteiger partial charge in [0.05, 0.1) is 0 Å². The van der Waals surface area contributed by atoms with Crippen LogP contribution in [0.5, 0.6) is 0 Å². The third-order valence-corrected chi connectivity index (χ3v) is 3.44. The molecule has 8 heteroatoms. The first kappa shape index (κ1) is 13.4. The summed E-state index contributed by atoms with van der Waals surface area (Å²) in [7, 11) is -2.14. The van der Waals surface area contributed by atoms with Crippen LogP contribution in [0.2, 0.25) is 0 Å². The van der Waals surface area contributed by atoms with Crippen LogP contribution in [0.1, 0.15) is 6.42 Å². The van der Waals surface area contributed by atoms with Crippen LogP contribution in [0, 0.1) is 0 Å². The molecule has 1 rings (SSSR count). The highest BCUT2D eigenvalue weighted by molar-refractivity contribution is 7.89. The summed E-state index contributed by atoms with van der Waals surface area (Å²) in [4.78, 5) is 14.6. The fourth-order valence-electron chi connectivity index (χ4n) is 1.06. The Morgan fingerprint density at radius 1 is 1.47 bits per heavy atom. The zero-order chi connectivity index (χ0) is 12.9. The summed E-state index contributed by atoms with van der Waals surface area (Å²) < 4.78 is 25.7. The molecule has 0 bridgehead atoms. The molecule has 0 radical (unpaired) electrons. The van der Waals surface area contributed by atoms with Crippen LogP contribution in [0.15, 0.2) is 23.2 Å². The summed E-state index contributed by atoms with van der Waals surface area (Å²) in [5.41, 5.74) is 5.35. The molecule has 17 heavy (non-hydrogen) atoms. The van der Waals surface area contributed by atoms with Crippen molar-refractivity contribution in [2.45, 2.75) is 11.3 Å². The van der Waals surface area contributed by atoms with Crippen molar-refractivity contribution < 1.29 is 13.2 Å². The van der Waals surface area contributed by atoms with Gasteiger partial charge in [0.2, 0.25) is 15.9 Å². The molecular weight excluding hydrogens is 244 g/mol. The molecule has 1 amide bonds. The van der Waals surface area contributed by atoms with E-state index in [0.29, 0.717) is 0 Å². The second-order valence-corrected chi connectivity index (χ2v) is 5.01. The van der Waals surface area contributed by atoms with Crippen LogP contribution in [-0.4, -0.2) is 32.9 Å². The first-order valence-corrected chi connectivity index (χ1v) is 6.36. The standard InChI is InChI=1S/C9H14N4O3S/c1-11-9(14)4-5-13-17(15,16)7-2-3-8(10)12-6-7/h2-3,6,13H,4-5H2,1H3,(H2,10,12)(H,11,14). The highest BCUT2D eigenvalue weighted by atomic mass is 32.2. The van der Waals surface area contributed by atoms with E-state index in [-0.39, 0.29) is 29.6 Å². The van der Waals surface area contributed by atoms with Gasteiger partial charge in [0.15, 0.2) is 0 Å². The van der Waals surface area contributed by atoms with E-state index in [1.54, 1.807) is 0 Å². The number of hydrogen-bond donors (Lipinski definition) is 3. The average Bonchev–Trinajstić information content (AvgIpc) is 2.29. The Morgan fingerprint density at radius 2 is 2.18 bits per heavy atom. The summed E-state index contributed by atoms with van der Waals surface area (Å²) in [6.45, 7) is 0.0341. The molecule has 0 aliphatic carbocycles. The van der Waals surface area contributed by atoms with Gasteiger partial charge < -0.3 is 11.1 Å². The van der Waals surface area contributed by atoms with Gasteiger partial charge in [-0.25, -0.2) is 18.1 Å². The van der Waals surface area contributed by atoms with Crippen molar-refractivity contribution in [3.8, 4) is 0 Å². The number of aromatic nitrogens is 1. The predicted octanol–water partition coefficient (Wildman–Crippen LogP) is -0.922. The maximum Gasteiger partial charge on any atom is 0.242 e. The Bertz CT molecular complexity index is 483. The summed E-state index contributed by atoms with van der Waals surface area (Å²) >= 11 is 0. The van der Waals surface area contributed by atoms with E-state index < -0.39 is 10.0 Å². The third kappa shape index (κ3) is 4.00. The number of amides is 1. The number of nitrogens with zero attached hydrogens (tertiary/aromatic N) is 1. The van der Waals surface area contributed by atoms with Gasteiger partial charge in [-0.3, -0.25) is 4.79 Å². The van der Waals surface area contributed by atoms with Gasteiger partial charge in [-0.15, -0.1) is 0 Å². The fraction of sp³-hybridized carbons (Fsp3) is 0.333. The number of sulfonamides is 1. The summed E-state index contributed by atoms with van der Waals surface area (Å²) in [5, 5.41) is 2.40. The summed E-state index contributed by atoms with van der Waals surface area (Å²) in [5.74, 6) is 0.0115. The summed E-state index contributed by atoms with van der Waals surface area (Å²) in [6, 6.07) is 2.75. The van der Waals surface area contributed by atoms with Crippen LogP contribution in [0.4, 0.5) is 5.82 Å². The van der Waals surface area contributed by atoms with Crippen molar-refractivity contribution in [1.82, 2.24) is 15.0 Å². The lowest BCUT2D eigenvalue weighted by molar-refractivity contribution is -0.120. The lowest BCUT2D eigenvalue weighted by Gasteiger charge is -2.05. The Morgan fingerprint density at radius 3 is 2.71 bits per heavy atom. The van der Waals surface area contributed by atoms with Crippen molar-refractivity contribution >= 4 is 21.7 Å². The number of pyridine rings is 1. The molecule has 0 unspecified atom stereocenters. The van der Waals surface area contributed by atoms with Crippen LogP contribution in [-0.2, 0) is 14.8 Å². The molecule has 0 saturated carbocycles. The average molecular weight is 258 g/mol. The molecule has 0 atom stereocenters. The number of nitrogen functional groups attached to an aromatic ring is 1. The van der Waals surface area contributed by atoms with Crippen molar-refractivity contribution in [3.05, 3.63) is 18.3 Å². The zero-order valence-electron chi connectivity index (χ0n) is 9.30. The van der Waals surface area contributed by atoms with Gasteiger partial charge in [0, 0.05) is 26.2 Å². The minimum Gasteiger partial charge on any atom is -0.384 e. The highest BCUT2D eigenvalue weighted by Gasteiger charge is 2.14. The number of carbonyl (C=O) groups is 1. The van der Waals surface area contributed by atoms with Crippen molar-refractivity contribution in [2.75, 3.05) is 19.3 Å². The predicted molar refractivity (Wildman–Crippen MR) is 62.5 cm³/mol. The molecule has 1 aromatic rings. The number of hydrogen-bond acceptors (Lipinski definition) is 5. The van der Waals surface area contributed by atoms with E-state index in [4.69, 9.17) is 5.73 Å². The van der Waals surface area contributed by atoms with Gasteiger partial charge >= 0.3 is 0 Å². The Labute approximate surface area is 99.5 Å². The second kappa shape index (κ2) is 5.60. The molecule has 0 aliphatic rings. The number of carbonyl (C=O) groups excluding carboxylic acids is 1. The molecule has 4 N–H and O–H groups in total. The van der Waals surface area contributed by atoms with Crippen molar-refractivity contribution in [3.63, 3.8) is 0 Å². The second-order valence-electron chi connectivity index (χ2n) is 3.24. The fourth-order valence-corrected chi connectivity index (χ4v) is 2.03. The monoisotopic (exact) mass is 258 g/mol. The van der Waals surface area contributed by atoms with Gasteiger partial charge in [-0.2, -0.15) is 0 Å². The number of rotatable bonds is 5. The lowest BCUT2D eigenvalue weighted by atomic mass is 10.4. The SMILES string of the molecule is CNC(=O)CCNS(=O)(=O)c1ccc(N)nc1. The molecular formula is C9H14N4O3S. The number of nitrogens with one attached hydrogen (secondary N) is 2. The number of anilines is 1. The first-order valence-electron chi connectivity index (χ1n) is 4.87. The van der Waals surface area contributed by atoms with Crippen molar-refractivity contribution in [2.24, 2.45) is 0 Å². The van der Waals surface area contributed by atoms with E-state index >= 15 is 0 Å². The van der Waals surface area contributed by atoms with E-state index in [9.17, 15) is 13.2 Å². The zero-order valence-corrected chi connectivity index (χ0v) is 10.1. The maximum atomic E-state index is 11.7. The largest absolute Gasteiger partial charge is 0.384 e. The van der Waals surface area contributed by atoms with E-state index in [1.807, 2.05) is 0 Å². The van der Waals surface area contributed by atoms with E-state index in [0.717, 1.165) is 6.20 Å². The molecule has 1 heterocycles. The number of nitrogens with two attached hydrogens (primary N) is 1. The highest BCUT2D eigenvalue weighted by Crippen LogP contribution is 2.08. The Kier molecular flexibility index (Phi) is 4.41. The van der Waals surface area contributed by atoms with Crippen LogP contribution < -0.4 is 15.8 Å². The molecule has 0 saturated heterocycles.